The van der Waals surface area contributed by atoms with E-state index in [1.54, 1.807) is 30.3 Å². The molecule has 178 valence electrons. The van der Waals surface area contributed by atoms with Gasteiger partial charge in [-0.1, -0.05) is 61.0 Å². The third-order valence-corrected chi connectivity index (χ3v) is 6.50. The van der Waals surface area contributed by atoms with Gasteiger partial charge in [0.1, 0.15) is 11.8 Å². The topological polar surface area (TPSA) is 102 Å². The Morgan fingerprint density at radius 3 is 2.32 bits per heavy atom. The number of ether oxygens (including phenoxy) is 1. The number of carbonyl (C=O) groups is 2. The molecule has 0 aliphatic rings. The zero-order valence-electron chi connectivity index (χ0n) is 19.2. The van der Waals surface area contributed by atoms with Gasteiger partial charge in [0.2, 0.25) is 15.9 Å². The molecule has 1 amide bonds. The first-order valence-electron chi connectivity index (χ1n) is 11.0. The van der Waals surface area contributed by atoms with Crippen molar-refractivity contribution in [3.63, 3.8) is 0 Å². The van der Waals surface area contributed by atoms with Crippen molar-refractivity contribution in [2.45, 2.75) is 44.0 Å². The van der Waals surface area contributed by atoms with Crippen molar-refractivity contribution in [1.82, 2.24) is 4.72 Å². The van der Waals surface area contributed by atoms with Crippen LogP contribution in [0.1, 0.15) is 30.9 Å². The standard InChI is InChI=1S/C26H28N2O5S/c1-3-8-25(29)33-22-12-7-11-21(18-22)27-26(30)24(17-20-9-5-4-6-10-20)28-34(31,32)23-15-13-19(2)14-16-23/h4-7,9-16,18,24,28H,3,8,17H2,1-2H3,(H,27,30). The Morgan fingerprint density at radius 1 is 0.941 bits per heavy atom. The predicted octanol–water partition coefficient (Wildman–Crippen LogP) is 4.23. The molecule has 1 unspecified atom stereocenters. The molecule has 0 spiro atoms. The van der Waals surface area contributed by atoms with Crippen LogP contribution in [0.15, 0.2) is 83.8 Å². The molecule has 0 aliphatic heterocycles. The van der Waals surface area contributed by atoms with Gasteiger partial charge in [-0.05, 0) is 49.6 Å². The van der Waals surface area contributed by atoms with Crippen LogP contribution in [0.5, 0.6) is 5.75 Å². The first-order chi connectivity index (χ1) is 16.3. The summed E-state index contributed by atoms with van der Waals surface area (Å²) in [5.74, 6) is -0.591. The highest BCUT2D eigenvalue weighted by atomic mass is 32.2. The van der Waals surface area contributed by atoms with Gasteiger partial charge in [0.15, 0.2) is 0 Å². The molecule has 0 fully saturated rings. The van der Waals surface area contributed by atoms with Crippen LogP contribution in [0.4, 0.5) is 5.69 Å². The molecule has 0 bridgehead atoms. The fourth-order valence-electron chi connectivity index (χ4n) is 3.26. The largest absolute Gasteiger partial charge is 0.426 e. The van der Waals surface area contributed by atoms with E-state index in [4.69, 9.17) is 4.74 Å². The zero-order chi connectivity index (χ0) is 24.6. The van der Waals surface area contributed by atoms with E-state index in [0.717, 1.165) is 11.1 Å². The maximum absolute atomic E-state index is 13.2. The van der Waals surface area contributed by atoms with Crippen molar-refractivity contribution in [3.05, 3.63) is 90.0 Å². The fraction of sp³-hybridized carbons (Fsp3) is 0.231. The second kappa shape index (κ2) is 11.6. The highest BCUT2D eigenvalue weighted by Crippen LogP contribution is 2.19. The van der Waals surface area contributed by atoms with Crippen LogP contribution in [-0.2, 0) is 26.0 Å². The van der Waals surface area contributed by atoms with Crippen molar-refractivity contribution < 1.29 is 22.7 Å². The van der Waals surface area contributed by atoms with Gasteiger partial charge in [-0.25, -0.2) is 8.42 Å². The first-order valence-corrected chi connectivity index (χ1v) is 12.5. The molecule has 0 saturated carbocycles. The Bertz CT molecular complexity index is 1230. The number of carbonyl (C=O) groups excluding carboxylic acids is 2. The second-order valence-electron chi connectivity index (χ2n) is 7.92. The van der Waals surface area contributed by atoms with Crippen LogP contribution >= 0.6 is 0 Å². The second-order valence-corrected chi connectivity index (χ2v) is 9.63. The van der Waals surface area contributed by atoms with E-state index < -0.39 is 22.0 Å². The summed E-state index contributed by atoms with van der Waals surface area (Å²) in [6.45, 7) is 3.74. The number of esters is 1. The maximum atomic E-state index is 13.2. The molecule has 34 heavy (non-hydrogen) atoms. The minimum absolute atomic E-state index is 0.0776. The van der Waals surface area contributed by atoms with Gasteiger partial charge >= 0.3 is 5.97 Å². The van der Waals surface area contributed by atoms with Gasteiger partial charge in [0.05, 0.1) is 4.90 Å². The minimum Gasteiger partial charge on any atom is -0.426 e. The Labute approximate surface area is 200 Å². The Balaban J connectivity index is 1.81. The summed E-state index contributed by atoms with van der Waals surface area (Å²) >= 11 is 0. The van der Waals surface area contributed by atoms with Crippen molar-refractivity contribution >= 4 is 27.6 Å². The molecule has 3 aromatic carbocycles. The number of sulfonamides is 1. The lowest BCUT2D eigenvalue weighted by Gasteiger charge is -2.19. The number of benzene rings is 3. The molecule has 0 radical (unpaired) electrons. The van der Waals surface area contributed by atoms with Gasteiger partial charge in [-0.3, -0.25) is 9.59 Å². The molecular formula is C26H28N2O5S. The van der Waals surface area contributed by atoms with Crippen LogP contribution in [0.2, 0.25) is 0 Å². The lowest BCUT2D eigenvalue weighted by Crippen LogP contribution is -2.45. The van der Waals surface area contributed by atoms with E-state index in [1.165, 1.54) is 18.2 Å². The van der Waals surface area contributed by atoms with E-state index in [-0.39, 0.29) is 23.7 Å². The SMILES string of the molecule is CCCC(=O)Oc1cccc(NC(=O)C(Cc2ccccc2)NS(=O)(=O)c2ccc(C)cc2)c1. The molecule has 2 N–H and O–H groups in total. The predicted molar refractivity (Wildman–Crippen MR) is 131 cm³/mol. The number of rotatable bonds is 10. The number of anilines is 1. The molecule has 0 aromatic heterocycles. The van der Waals surface area contributed by atoms with Crippen LogP contribution < -0.4 is 14.8 Å². The highest BCUT2D eigenvalue weighted by Gasteiger charge is 2.26. The van der Waals surface area contributed by atoms with E-state index in [2.05, 4.69) is 10.0 Å². The van der Waals surface area contributed by atoms with Gasteiger partial charge < -0.3 is 10.1 Å². The van der Waals surface area contributed by atoms with E-state index in [0.29, 0.717) is 17.9 Å². The normalized spacial score (nSPS) is 12.1. The summed E-state index contributed by atoms with van der Waals surface area (Å²) in [6, 6.07) is 20.9. The highest BCUT2D eigenvalue weighted by molar-refractivity contribution is 7.89. The lowest BCUT2D eigenvalue weighted by atomic mass is 10.1. The number of aryl methyl sites for hydroxylation is 1. The summed E-state index contributed by atoms with van der Waals surface area (Å²) in [4.78, 5) is 25.0. The third kappa shape index (κ3) is 7.26. The fourth-order valence-corrected chi connectivity index (χ4v) is 4.46. The average Bonchev–Trinajstić information content (AvgIpc) is 2.80. The maximum Gasteiger partial charge on any atom is 0.311 e. The molecule has 3 rings (SSSR count). The van der Waals surface area contributed by atoms with Crippen molar-refractivity contribution in [1.29, 1.82) is 0 Å². The molecule has 7 nitrogen and oxygen atoms in total. The van der Waals surface area contributed by atoms with Crippen molar-refractivity contribution in [3.8, 4) is 5.75 Å². The zero-order valence-corrected chi connectivity index (χ0v) is 20.0. The number of amides is 1. The quantitative estimate of drug-likeness (QED) is 0.334. The molecule has 8 heteroatoms. The van der Waals surface area contributed by atoms with Gasteiger partial charge in [-0.2, -0.15) is 4.72 Å². The third-order valence-electron chi connectivity index (χ3n) is 5.02. The molecule has 3 aromatic rings. The molecule has 0 aliphatic carbocycles. The lowest BCUT2D eigenvalue weighted by molar-refractivity contribution is -0.134. The van der Waals surface area contributed by atoms with Crippen molar-refractivity contribution in [2.24, 2.45) is 0 Å². The molecular weight excluding hydrogens is 452 g/mol. The first kappa shape index (κ1) is 25.1. The minimum atomic E-state index is -3.94. The monoisotopic (exact) mass is 480 g/mol. The number of nitrogens with one attached hydrogen (secondary N) is 2. The Hall–Kier alpha value is -3.49. The average molecular weight is 481 g/mol. The Kier molecular flexibility index (Phi) is 8.56. The van der Waals surface area contributed by atoms with Gasteiger partial charge in [-0.15, -0.1) is 0 Å². The molecule has 0 heterocycles. The molecule has 1 atom stereocenters. The van der Waals surface area contributed by atoms with Crippen LogP contribution in [0.3, 0.4) is 0 Å². The van der Waals surface area contributed by atoms with E-state index in [1.807, 2.05) is 44.2 Å². The summed E-state index contributed by atoms with van der Waals surface area (Å²) in [5, 5.41) is 2.73. The van der Waals surface area contributed by atoms with Gasteiger partial charge in [0, 0.05) is 18.2 Å². The number of hydrogen-bond donors (Lipinski definition) is 2. The number of hydrogen-bond acceptors (Lipinski definition) is 5. The van der Waals surface area contributed by atoms with E-state index >= 15 is 0 Å². The van der Waals surface area contributed by atoms with E-state index in [9.17, 15) is 18.0 Å². The van der Waals surface area contributed by atoms with Crippen LogP contribution in [0.25, 0.3) is 0 Å². The van der Waals surface area contributed by atoms with Crippen LogP contribution in [-0.4, -0.2) is 26.3 Å². The van der Waals surface area contributed by atoms with Crippen LogP contribution in [0, 0.1) is 6.92 Å². The van der Waals surface area contributed by atoms with Gasteiger partial charge in [0.25, 0.3) is 0 Å². The smallest absolute Gasteiger partial charge is 0.311 e. The van der Waals surface area contributed by atoms with Crippen molar-refractivity contribution in [2.75, 3.05) is 5.32 Å². The molecule has 0 saturated heterocycles. The summed E-state index contributed by atoms with van der Waals surface area (Å²) in [6.07, 6.45) is 1.11. The summed E-state index contributed by atoms with van der Waals surface area (Å²) < 4.78 is 33.8. The Morgan fingerprint density at radius 2 is 1.65 bits per heavy atom. The summed E-state index contributed by atoms with van der Waals surface area (Å²) in [5.41, 5.74) is 2.12. The summed E-state index contributed by atoms with van der Waals surface area (Å²) in [7, 11) is -3.94.